The number of hydrogen-bond acceptors (Lipinski definition) is 7. The van der Waals surface area contributed by atoms with Gasteiger partial charge in [0.1, 0.15) is 12.6 Å². The third-order valence-electron chi connectivity index (χ3n) is 5.89. The average molecular weight is 496 g/mol. The molecule has 3 amide bonds. The van der Waals surface area contributed by atoms with Crippen LogP contribution in [0.5, 0.6) is 11.5 Å². The van der Waals surface area contributed by atoms with E-state index >= 15 is 0 Å². The summed E-state index contributed by atoms with van der Waals surface area (Å²) < 4.78 is 16.0. The molecule has 0 radical (unpaired) electrons. The van der Waals surface area contributed by atoms with Crippen molar-refractivity contribution >= 4 is 24.0 Å². The molecule has 10 heteroatoms. The van der Waals surface area contributed by atoms with Crippen LogP contribution in [-0.4, -0.2) is 78.4 Å². The highest BCUT2D eigenvalue weighted by Crippen LogP contribution is 2.32. The second kappa shape index (κ2) is 12.1. The molecule has 0 bridgehead atoms. The highest BCUT2D eigenvalue weighted by molar-refractivity contribution is 5.95. The molecule has 2 heterocycles. The summed E-state index contributed by atoms with van der Waals surface area (Å²) in [5.74, 6) is 0.325. The van der Waals surface area contributed by atoms with Crippen LogP contribution in [0.25, 0.3) is 6.08 Å². The summed E-state index contributed by atoms with van der Waals surface area (Å²) in [5.41, 5.74) is 1.62. The lowest BCUT2D eigenvalue weighted by Gasteiger charge is -2.25. The number of nitrogens with zero attached hydrogens (tertiary/aromatic N) is 2. The van der Waals surface area contributed by atoms with Crippen molar-refractivity contribution in [3.05, 3.63) is 65.7 Å². The van der Waals surface area contributed by atoms with Gasteiger partial charge >= 0.3 is 6.09 Å². The molecule has 0 aromatic heterocycles. The number of amides is 3. The average Bonchev–Trinajstić information content (AvgIpc) is 3.23. The van der Waals surface area contributed by atoms with Gasteiger partial charge in [-0.25, -0.2) is 4.79 Å². The summed E-state index contributed by atoms with van der Waals surface area (Å²) in [4.78, 5) is 41.0. The Kier molecular flexibility index (Phi) is 8.40. The maximum absolute atomic E-state index is 13.0. The molecule has 0 spiro atoms. The molecular weight excluding hydrogens is 466 g/mol. The normalized spacial score (nSPS) is 15.9. The van der Waals surface area contributed by atoms with Crippen LogP contribution >= 0.6 is 0 Å². The van der Waals surface area contributed by atoms with Crippen LogP contribution in [-0.2, 0) is 20.9 Å². The number of rotatable bonds is 7. The van der Waals surface area contributed by atoms with Crippen LogP contribution in [0.15, 0.2) is 54.6 Å². The van der Waals surface area contributed by atoms with Gasteiger partial charge in [0.05, 0.1) is 6.61 Å². The molecule has 2 aliphatic heterocycles. The molecule has 1 fully saturated rings. The maximum Gasteiger partial charge on any atom is 0.410 e. The van der Waals surface area contributed by atoms with Crippen molar-refractivity contribution in [3.8, 4) is 11.5 Å². The Morgan fingerprint density at radius 3 is 2.56 bits per heavy atom. The lowest BCUT2D eigenvalue weighted by atomic mass is 10.2. The Hall–Kier alpha value is -4.05. The minimum Gasteiger partial charge on any atom is -0.454 e. The molecule has 1 atom stereocenters. The van der Waals surface area contributed by atoms with Gasteiger partial charge < -0.3 is 34.4 Å². The van der Waals surface area contributed by atoms with Gasteiger partial charge in [-0.15, -0.1) is 0 Å². The van der Waals surface area contributed by atoms with E-state index in [0.717, 1.165) is 11.1 Å². The number of carbonyl (C=O) groups is 3. The zero-order valence-electron chi connectivity index (χ0n) is 19.8. The van der Waals surface area contributed by atoms with Gasteiger partial charge in [0.25, 0.3) is 0 Å². The fourth-order valence-electron chi connectivity index (χ4n) is 3.95. The number of ether oxygens (including phenoxy) is 3. The Balaban J connectivity index is 1.26. The zero-order chi connectivity index (χ0) is 25.3. The van der Waals surface area contributed by atoms with Gasteiger partial charge in [-0.05, 0) is 35.8 Å². The van der Waals surface area contributed by atoms with Crippen molar-refractivity contribution in [2.75, 3.05) is 39.6 Å². The molecule has 0 saturated carbocycles. The molecule has 36 heavy (non-hydrogen) atoms. The number of hydrogen-bond donors (Lipinski definition) is 2. The minimum atomic E-state index is -1.09. The van der Waals surface area contributed by atoms with Gasteiger partial charge in [-0.2, -0.15) is 0 Å². The van der Waals surface area contributed by atoms with E-state index in [1.54, 1.807) is 34.1 Å². The largest absolute Gasteiger partial charge is 0.454 e. The van der Waals surface area contributed by atoms with Gasteiger partial charge in [0.15, 0.2) is 11.5 Å². The molecule has 4 rings (SSSR count). The van der Waals surface area contributed by atoms with E-state index in [9.17, 15) is 19.5 Å². The van der Waals surface area contributed by atoms with E-state index < -0.39 is 30.6 Å². The second-order valence-corrected chi connectivity index (χ2v) is 8.40. The molecule has 0 unspecified atom stereocenters. The first-order chi connectivity index (χ1) is 17.5. The predicted octanol–water partition coefficient (Wildman–Crippen LogP) is 1.78. The van der Waals surface area contributed by atoms with Crippen LogP contribution in [0.2, 0.25) is 0 Å². The molecule has 1 saturated heterocycles. The van der Waals surface area contributed by atoms with E-state index in [2.05, 4.69) is 5.32 Å². The Labute approximate surface area is 209 Å². The van der Waals surface area contributed by atoms with E-state index in [4.69, 9.17) is 14.2 Å². The number of carbonyl (C=O) groups excluding carboxylic acids is 3. The molecule has 190 valence electrons. The SMILES string of the molecule is O=C(C=Cc1ccc2c(c1)OCO2)N[C@@H](CO)C(=O)N1CCCN(C(=O)OCc2ccccc2)CC1. The highest BCUT2D eigenvalue weighted by atomic mass is 16.7. The Bertz CT molecular complexity index is 1110. The third-order valence-corrected chi connectivity index (χ3v) is 5.89. The summed E-state index contributed by atoms with van der Waals surface area (Å²) in [6, 6.07) is 13.6. The van der Waals surface area contributed by atoms with Gasteiger partial charge in [-0.3, -0.25) is 9.59 Å². The summed E-state index contributed by atoms with van der Waals surface area (Å²) in [6.45, 7) is 1.23. The fourth-order valence-corrected chi connectivity index (χ4v) is 3.95. The smallest absolute Gasteiger partial charge is 0.410 e. The number of nitrogens with one attached hydrogen (secondary N) is 1. The first-order valence-electron chi connectivity index (χ1n) is 11.8. The van der Waals surface area contributed by atoms with Gasteiger partial charge in [0.2, 0.25) is 18.6 Å². The van der Waals surface area contributed by atoms with Crippen molar-refractivity contribution in [3.63, 3.8) is 0 Å². The Morgan fingerprint density at radius 2 is 1.75 bits per heavy atom. The van der Waals surface area contributed by atoms with E-state index in [-0.39, 0.29) is 19.9 Å². The lowest BCUT2D eigenvalue weighted by Crippen LogP contribution is -2.51. The quantitative estimate of drug-likeness (QED) is 0.562. The van der Waals surface area contributed by atoms with Crippen molar-refractivity contribution in [1.82, 2.24) is 15.1 Å². The molecule has 2 aromatic rings. The van der Waals surface area contributed by atoms with E-state index in [1.807, 2.05) is 30.3 Å². The third kappa shape index (κ3) is 6.54. The first-order valence-corrected chi connectivity index (χ1v) is 11.8. The molecule has 2 aromatic carbocycles. The number of aliphatic hydroxyl groups excluding tert-OH is 1. The predicted molar refractivity (Wildman–Crippen MR) is 130 cm³/mol. The maximum atomic E-state index is 13.0. The summed E-state index contributed by atoms with van der Waals surface area (Å²) >= 11 is 0. The lowest BCUT2D eigenvalue weighted by molar-refractivity contribution is -0.136. The second-order valence-electron chi connectivity index (χ2n) is 8.40. The summed E-state index contributed by atoms with van der Waals surface area (Å²) in [7, 11) is 0. The number of aliphatic hydroxyl groups is 1. The molecule has 2 N–H and O–H groups in total. The fraction of sp³-hybridized carbons (Fsp3) is 0.346. The van der Waals surface area contributed by atoms with Crippen LogP contribution in [0, 0.1) is 0 Å². The van der Waals surface area contributed by atoms with Crippen molar-refractivity contribution in [2.45, 2.75) is 19.1 Å². The van der Waals surface area contributed by atoms with Gasteiger partial charge in [0, 0.05) is 32.3 Å². The molecule has 10 nitrogen and oxygen atoms in total. The highest BCUT2D eigenvalue weighted by Gasteiger charge is 2.28. The number of fused-ring (bicyclic) bond motifs is 1. The summed E-state index contributed by atoms with van der Waals surface area (Å²) in [6.07, 6.45) is 3.00. The van der Waals surface area contributed by atoms with Crippen molar-refractivity contribution < 1.29 is 33.7 Å². The zero-order valence-corrected chi connectivity index (χ0v) is 19.8. The van der Waals surface area contributed by atoms with E-state index in [1.165, 1.54) is 6.08 Å². The minimum absolute atomic E-state index is 0.159. The molecular formula is C26H29N3O7. The standard InChI is InChI=1S/C26H29N3O7/c30-16-21(27-24(31)10-8-19-7-9-22-23(15-19)36-18-35-22)25(32)28-11-4-12-29(14-13-28)26(33)34-17-20-5-2-1-3-6-20/h1-3,5-10,15,21,30H,4,11-14,16-18H2,(H,27,31)/t21-/m0/s1. The molecule has 2 aliphatic rings. The van der Waals surface area contributed by atoms with Crippen LogP contribution < -0.4 is 14.8 Å². The van der Waals surface area contributed by atoms with Crippen LogP contribution in [0.4, 0.5) is 4.79 Å². The van der Waals surface area contributed by atoms with E-state index in [0.29, 0.717) is 37.6 Å². The van der Waals surface area contributed by atoms with Crippen molar-refractivity contribution in [1.29, 1.82) is 0 Å². The number of benzene rings is 2. The van der Waals surface area contributed by atoms with Crippen LogP contribution in [0.3, 0.4) is 0 Å². The van der Waals surface area contributed by atoms with Crippen LogP contribution in [0.1, 0.15) is 17.5 Å². The topological polar surface area (TPSA) is 118 Å². The molecule has 0 aliphatic carbocycles. The Morgan fingerprint density at radius 1 is 1.00 bits per heavy atom. The summed E-state index contributed by atoms with van der Waals surface area (Å²) in [5, 5.41) is 12.3. The van der Waals surface area contributed by atoms with Gasteiger partial charge in [-0.1, -0.05) is 36.4 Å². The van der Waals surface area contributed by atoms with Crippen molar-refractivity contribution in [2.24, 2.45) is 0 Å². The monoisotopic (exact) mass is 495 g/mol. The first kappa shape index (κ1) is 25.1.